The Morgan fingerprint density at radius 2 is 1.72 bits per heavy atom. The molecule has 1 saturated carbocycles. The maximum Gasteiger partial charge on any atom is 0.426 e. The van der Waals surface area contributed by atoms with Gasteiger partial charge in [-0.25, -0.2) is 14.6 Å². The van der Waals surface area contributed by atoms with Gasteiger partial charge >= 0.3 is 12.2 Å². The van der Waals surface area contributed by atoms with Crippen molar-refractivity contribution in [3.05, 3.63) is 33.3 Å². The normalized spacial score (nSPS) is 23.2. The molecule has 2 atom stereocenters. The molecule has 1 aromatic carbocycles. The Morgan fingerprint density at radius 1 is 1.12 bits per heavy atom. The summed E-state index contributed by atoms with van der Waals surface area (Å²) in [6, 6.07) is 5.78. The van der Waals surface area contributed by atoms with Crippen LogP contribution in [0.25, 0.3) is 0 Å². The van der Waals surface area contributed by atoms with E-state index in [1.807, 2.05) is 18.2 Å². The van der Waals surface area contributed by atoms with Crippen molar-refractivity contribution in [1.82, 2.24) is 4.90 Å². The highest BCUT2D eigenvalue weighted by molar-refractivity contribution is 9.10. The number of thioether (sulfide) groups is 1. The molecule has 1 unspecified atom stereocenters. The van der Waals surface area contributed by atoms with Crippen LogP contribution in [0, 0.1) is 5.92 Å². The number of halogens is 2. The summed E-state index contributed by atoms with van der Waals surface area (Å²) in [5.41, 5.74) is -1.13. The van der Waals surface area contributed by atoms with Crippen LogP contribution in [0.1, 0.15) is 66.4 Å². The summed E-state index contributed by atoms with van der Waals surface area (Å²) < 4.78 is 11.9. The molecule has 2 aliphatic rings. The van der Waals surface area contributed by atoms with Gasteiger partial charge in [0.25, 0.3) is 0 Å². The Balaban J connectivity index is 2.09. The van der Waals surface area contributed by atoms with Crippen LogP contribution in [0.5, 0.6) is 0 Å². The fourth-order valence-corrected chi connectivity index (χ4v) is 6.17. The van der Waals surface area contributed by atoms with Crippen molar-refractivity contribution >= 4 is 56.6 Å². The van der Waals surface area contributed by atoms with Crippen molar-refractivity contribution in [3.8, 4) is 0 Å². The van der Waals surface area contributed by atoms with Gasteiger partial charge in [0.15, 0.2) is 5.17 Å². The molecule has 0 saturated heterocycles. The minimum absolute atomic E-state index is 0.278. The molecular formula is C23H30BrClN2O4S. The van der Waals surface area contributed by atoms with Crippen molar-refractivity contribution in [1.29, 1.82) is 0 Å². The minimum atomic E-state index is -0.795. The maximum absolute atomic E-state index is 13.1. The van der Waals surface area contributed by atoms with Crippen LogP contribution >= 0.6 is 39.3 Å². The molecule has 3 rings (SSSR count). The van der Waals surface area contributed by atoms with Crippen molar-refractivity contribution in [2.45, 2.75) is 77.5 Å². The Labute approximate surface area is 207 Å². The first-order valence-corrected chi connectivity index (χ1v) is 12.8. The third-order valence-electron chi connectivity index (χ3n) is 5.20. The van der Waals surface area contributed by atoms with E-state index in [0.29, 0.717) is 10.2 Å². The number of nitrogens with zero attached hydrogens (tertiary/aromatic N) is 2. The fourth-order valence-electron chi connectivity index (χ4n) is 4.02. The molecule has 1 aromatic rings. The number of carbonyl (C=O) groups excluding carboxylic acids is 2. The van der Waals surface area contributed by atoms with Gasteiger partial charge in [0, 0.05) is 15.2 Å². The van der Waals surface area contributed by atoms with Crippen LogP contribution in [-0.4, -0.2) is 39.2 Å². The molecule has 0 N–H and O–H groups in total. The molecule has 1 aliphatic carbocycles. The topological polar surface area (TPSA) is 68.2 Å². The molecule has 0 radical (unpaired) electrons. The second-order valence-electron chi connectivity index (χ2n) is 10.2. The van der Waals surface area contributed by atoms with Gasteiger partial charge in [0.1, 0.15) is 11.2 Å². The number of amides is 2. The predicted octanol–water partition coefficient (Wildman–Crippen LogP) is 7.37. The number of aliphatic imine (C=N–C) groups is 1. The average molecular weight is 546 g/mol. The molecule has 1 aliphatic heterocycles. The van der Waals surface area contributed by atoms with E-state index < -0.39 is 28.9 Å². The van der Waals surface area contributed by atoms with Gasteiger partial charge in [-0.2, -0.15) is 4.90 Å². The lowest BCUT2D eigenvalue weighted by Gasteiger charge is -2.39. The zero-order chi connectivity index (χ0) is 23.9. The number of hydrogen-bond acceptors (Lipinski definition) is 6. The molecule has 2 amide bonds. The lowest BCUT2D eigenvalue weighted by molar-refractivity contribution is 0.0150. The number of fused-ring (bicyclic) bond motifs is 1. The molecule has 1 heterocycles. The standard InChI is InChI=1S/C23H30BrClN2O4S/c1-21(2,3)30-19(28)27(20(29)31-22(4,5)6)18-26-23(9-7-8-14(23)13-32-18)15-10-16(24)12-17(25)11-15/h10-12,14H,7-9,13H2,1-6H3/t14?,23-/m0/s1. The predicted molar refractivity (Wildman–Crippen MR) is 132 cm³/mol. The molecule has 176 valence electrons. The van der Waals surface area contributed by atoms with Crippen molar-refractivity contribution in [3.63, 3.8) is 0 Å². The number of imide groups is 1. The van der Waals surface area contributed by atoms with E-state index >= 15 is 0 Å². The van der Waals surface area contributed by atoms with Gasteiger partial charge in [0.2, 0.25) is 0 Å². The van der Waals surface area contributed by atoms with E-state index in [2.05, 4.69) is 15.9 Å². The molecule has 9 heteroatoms. The quantitative estimate of drug-likeness (QED) is 0.368. The van der Waals surface area contributed by atoms with Gasteiger partial charge in [0.05, 0.1) is 5.54 Å². The van der Waals surface area contributed by atoms with Crippen LogP contribution < -0.4 is 0 Å². The van der Waals surface area contributed by atoms with E-state index in [4.69, 9.17) is 26.1 Å². The molecule has 1 fully saturated rings. The Kier molecular flexibility index (Phi) is 7.28. The molecule has 0 bridgehead atoms. The van der Waals surface area contributed by atoms with E-state index in [1.165, 1.54) is 11.8 Å². The number of benzene rings is 1. The second kappa shape index (κ2) is 9.18. The molecule has 6 nitrogen and oxygen atoms in total. The van der Waals surface area contributed by atoms with Crippen LogP contribution in [0.4, 0.5) is 9.59 Å². The third-order valence-corrected chi connectivity index (χ3v) is 6.98. The fraction of sp³-hybridized carbons (Fsp3) is 0.609. The van der Waals surface area contributed by atoms with Crippen molar-refractivity contribution in [2.75, 3.05) is 5.75 Å². The lowest BCUT2D eigenvalue weighted by Crippen LogP contribution is -2.48. The van der Waals surface area contributed by atoms with Gasteiger partial charge in [-0.1, -0.05) is 45.7 Å². The minimum Gasteiger partial charge on any atom is -0.443 e. The third kappa shape index (κ3) is 5.81. The van der Waals surface area contributed by atoms with Crippen LogP contribution in [0.3, 0.4) is 0 Å². The smallest absolute Gasteiger partial charge is 0.426 e. The summed E-state index contributed by atoms with van der Waals surface area (Å²) in [6.45, 7) is 10.5. The molecule has 0 spiro atoms. The summed E-state index contributed by atoms with van der Waals surface area (Å²) in [6.07, 6.45) is 1.25. The SMILES string of the molecule is CC(C)(C)OC(=O)N(C(=O)OC(C)(C)C)C1=N[C@@]2(c3cc(Cl)cc(Br)c3)CCCC2CS1. The van der Waals surface area contributed by atoms with Gasteiger partial charge in [-0.05, 0) is 84.1 Å². The van der Waals surface area contributed by atoms with Crippen LogP contribution in [-0.2, 0) is 15.0 Å². The highest BCUT2D eigenvalue weighted by Gasteiger charge is 2.49. The summed E-state index contributed by atoms with van der Waals surface area (Å²) in [5, 5.41) is 0.906. The number of carbonyl (C=O) groups is 2. The first-order valence-electron chi connectivity index (χ1n) is 10.7. The van der Waals surface area contributed by atoms with Gasteiger partial charge in [-0.3, -0.25) is 0 Å². The Bertz CT molecular complexity index is 893. The molecule has 0 aromatic heterocycles. The first kappa shape index (κ1) is 25.4. The number of rotatable bonds is 1. The largest absolute Gasteiger partial charge is 0.443 e. The van der Waals surface area contributed by atoms with Crippen LogP contribution in [0.15, 0.2) is 27.7 Å². The highest BCUT2D eigenvalue weighted by Crippen LogP contribution is 2.52. The highest BCUT2D eigenvalue weighted by atomic mass is 79.9. The summed E-state index contributed by atoms with van der Waals surface area (Å²) in [5.74, 6) is 1.01. The summed E-state index contributed by atoms with van der Waals surface area (Å²) in [4.78, 5) is 32.2. The number of ether oxygens (including phenoxy) is 2. The first-order chi connectivity index (χ1) is 14.7. The van der Waals surface area contributed by atoms with Gasteiger partial charge < -0.3 is 9.47 Å². The van der Waals surface area contributed by atoms with E-state index in [1.54, 1.807) is 41.5 Å². The zero-order valence-electron chi connectivity index (χ0n) is 19.3. The Morgan fingerprint density at radius 3 is 2.25 bits per heavy atom. The van der Waals surface area contributed by atoms with Crippen molar-refractivity contribution < 1.29 is 19.1 Å². The monoisotopic (exact) mass is 544 g/mol. The zero-order valence-corrected chi connectivity index (χ0v) is 22.5. The average Bonchev–Trinajstić information content (AvgIpc) is 3.02. The van der Waals surface area contributed by atoms with E-state index in [-0.39, 0.29) is 5.92 Å². The van der Waals surface area contributed by atoms with Crippen molar-refractivity contribution in [2.24, 2.45) is 10.9 Å². The lowest BCUT2D eigenvalue weighted by atomic mass is 9.82. The van der Waals surface area contributed by atoms with E-state index in [9.17, 15) is 9.59 Å². The Hall–Kier alpha value is -1.25. The maximum atomic E-state index is 13.1. The van der Waals surface area contributed by atoms with E-state index in [0.717, 1.165) is 40.0 Å². The second-order valence-corrected chi connectivity index (χ2v) is 12.5. The molecule has 32 heavy (non-hydrogen) atoms. The number of hydrogen-bond donors (Lipinski definition) is 0. The van der Waals surface area contributed by atoms with Crippen LogP contribution in [0.2, 0.25) is 5.02 Å². The number of amidine groups is 1. The summed E-state index contributed by atoms with van der Waals surface area (Å²) in [7, 11) is 0. The summed E-state index contributed by atoms with van der Waals surface area (Å²) >= 11 is 11.3. The van der Waals surface area contributed by atoms with Gasteiger partial charge in [-0.15, -0.1) is 0 Å². The molecular weight excluding hydrogens is 516 g/mol.